The van der Waals surface area contributed by atoms with E-state index in [1.165, 1.54) is 51.4 Å². The van der Waals surface area contributed by atoms with Gasteiger partial charge in [0.1, 0.15) is 6.61 Å². The second-order valence-corrected chi connectivity index (χ2v) is 9.99. The summed E-state index contributed by atoms with van der Waals surface area (Å²) in [5.41, 5.74) is 0. The zero-order chi connectivity index (χ0) is 27.9. The highest BCUT2D eigenvalue weighted by Gasteiger charge is 2.17. The highest BCUT2D eigenvalue weighted by Crippen LogP contribution is 2.18. The van der Waals surface area contributed by atoms with E-state index in [9.17, 15) is 9.59 Å². The van der Waals surface area contributed by atoms with E-state index >= 15 is 0 Å². The van der Waals surface area contributed by atoms with Crippen LogP contribution in [0.5, 0.6) is 0 Å². The van der Waals surface area contributed by atoms with Crippen molar-refractivity contribution in [3.8, 4) is 0 Å². The molecule has 0 saturated carbocycles. The molecule has 0 atom stereocenters. The van der Waals surface area contributed by atoms with E-state index in [0.29, 0.717) is 59.3 Å². The van der Waals surface area contributed by atoms with E-state index in [1.807, 2.05) is 0 Å². The molecule has 8 nitrogen and oxygen atoms in total. The fourth-order valence-corrected chi connectivity index (χ4v) is 4.08. The molecule has 38 heavy (non-hydrogen) atoms. The molecule has 0 aromatic rings. The summed E-state index contributed by atoms with van der Waals surface area (Å²) in [7, 11) is 0. The van der Waals surface area contributed by atoms with Crippen molar-refractivity contribution >= 4 is 11.8 Å². The van der Waals surface area contributed by atoms with Gasteiger partial charge in [-0.25, -0.2) is 0 Å². The Hall–Kier alpha value is -1.22. The van der Waals surface area contributed by atoms with E-state index in [0.717, 1.165) is 38.5 Å². The number of carbonyl (C=O) groups excluding carboxylic acids is 2. The smallest absolute Gasteiger partial charge is 0.246 e. The maximum absolute atomic E-state index is 12.6. The van der Waals surface area contributed by atoms with E-state index in [-0.39, 0.29) is 24.3 Å². The first-order valence-corrected chi connectivity index (χ1v) is 15.5. The van der Waals surface area contributed by atoms with Gasteiger partial charge < -0.3 is 29.6 Å². The summed E-state index contributed by atoms with van der Waals surface area (Å²) in [6, 6.07) is 0. The first-order valence-electron chi connectivity index (χ1n) is 15.5. The minimum atomic E-state index is -0.108. The number of hydrogen-bond acceptors (Lipinski definition) is 6. The van der Waals surface area contributed by atoms with Gasteiger partial charge in [-0.2, -0.15) is 0 Å². The minimum Gasteiger partial charge on any atom is -0.377 e. The zero-order valence-electron chi connectivity index (χ0n) is 25.0. The number of nitrogens with one attached hydrogen (secondary N) is 2. The van der Waals surface area contributed by atoms with Crippen molar-refractivity contribution in [1.29, 1.82) is 0 Å². The Morgan fingerprint density at radius 2 is 1.00 bits per heavy atom. The summed E-state index contributed by atoms with van der Waals surface area (Å²) in [5, 5.41) is 5.84. The molecular weight excluding hydrogens is 484 g/mol. The van der Waals surface area contributed by atoms with Crippen molar-refractivity contribution in [2.45, 2.75) is 111 Å². The second kappa shape index (κ2) is 30.3. The molecule has 0 aromatic heterocycles. The van der Waals surface area contributed by atoms with E-state index in [4.69, 9.17) is 18.9 Å². The van der Waals surface area contributed by atoms with Gasteiger partial charge in [0, 0.05) is 25.6 Å². The van der Waals surface area contributed by atoms with Gasteiger partial charge in [-0.1, -0.05) is 91.4 Å². The van der Waals surface area contributed by atoms with E-state index in [2.05, 4.69) is 31.4 Å². The number of rotatable bonds is 30. The van der Waals surface area contributed by atoms with E-state index < -0.39 is 0 Å². The molecule has 0 saturated heterocycles. The Kier molecular flexibility index (Phi) is 29.3. The summed E-state index contributed by atoms with van der Waals surface area (Å²) in [6.45, 7) is 11.2. The molecule has 0 aromatic carbocycles. The van der Waals surface area contributed by atoms with Crippen molar-refractivity contribution in [1.82, 2.24) is 10.6 Å². The highest BCUT2D eigenvalue weighted by molar-refractivity contribution is 5.78. The standard InChI is InChI=1S/C30H60N2O6/c1-4-7-10-13-16-28(17-14-11-8-5-2)30(34)32-19-22-36-24-26-37-25-23-35-21-18-31-29(33)27-38-20-15-12-9-6-3/h28H,4-27H2,1-3H3,(H,31,33)(H,32,34). The van der Waals surface area contributed by atoms with Crippen molar-refractivity contribution in [3.63, 3.8) is 0 Å². The van der Waals surface area contributed by atoms with Crippen molar-refractivity contribution in [2.24, 2.45) is 5.92 Å². The zero-order valence-corrected chi connectivity index (χ0v) is 25.0. The van der Waals surface area contributed by atoms with Crippen LogP contribution < -0.4 is 10.6 Å². The molecule has 0 heterocycles. The Bertz CT molecular complexity index is 509. The molecule has 0 aliphatic rings. The Balaban J connectivity index is 3.59. The topological polar surface area (TPSA) is 95.1 Å². The maximum atomic E-state index is 12.6. The molecule has 0 unspecified atom stereocenters. The van der Waals surface area contributed by atoms with Crippen LogP contribution >= 0.6 is 0 Å². The highest BCUT2D eigenvalue weighted by atomic mass is 16.5. The van der Waals surface area contributed by atoms with Crippen LogP contribution in [0.2, 0.25) is 0 Å². The van der Waals surface area contributed by atoms with Gasteiger partial charge in [0.2, 0.25) is 11.8 Å². The number of hydrogen-bond donors (Lipinski definition) is 2. The number of ether oxygens (including phenoxy) is 4. The first-order chi connectivity index (χ1) is 18.7. The largest absolute Gasteiger partial charge is 0.377 e. The van der Waals surface area contributed by atoms with Crippen LogP contribution in [0, 0.1) is 5.92 Å². The molecule has 0 spiro atoms. The molecule has 0 aliphatic heterocycles. The predicted molar refractivity (Wildman–Crippen MR) is 154 cm³/mol. The molecule has 2 N–H and O–H groups in total. The SMILES string of the molecule is CCCCCCOCC(=O)NCCOCCOCCOCCNC(=O)C(CCCCCC)CCCCCC. The molecule has 0 aliphatic carbocycles. The minimum absolute atomic E-state index is 0.108. The van der Waals surface area contributed by atoms with Gasteiger partial charge in [-0.05, 0) is 19.3 Å². The molecule has 0 fully saturated rings. The first kappa shape index (κ1) is 36.8. The monoisotopic (exact) mass is 544 g/mol. The van der Waals surface area contributed by atoms with Gasteiger partial charge in [-0.3, -0.25) is 9.59 Å². The second-order valence-electron chi connectivity index (χ2n) is 9.99. The van der Waals surface area contributed by atoms with Gasteiger partial charge in [0.15, 0.2) is 0 Å². The molecule has 0 rings (SSSR count). The lowest BCUT2D eigenvalue weighted by molar-refractivity contribution is -0.126. The number of unbranched alkanes of at least 4 members (excludes halogenated alkanes) is 9. The lowest BCUT2D eigenvalue weighted by Crippen LogP contribution is -2.33. The summed E-state index contributed by atoms with van der Waals surface area (Å²) in [5.74, 6) is 0.207. The Labute approximate surface area is 233 Å². The summed E-state index contributed by atoms with van der Waals surface area (Å²) in [4.78, 5) is 24.3. The van der Waals surface area contributed by atoms with Crippen molar-refractivity contribution < 1.29 is 28.5 Å². The lowest BCUT2D eigenvalue weighted by atomic mass is 9.93. The number of carbonyl (C=O) groups is 2. The normalized spacial score (nSPS) is 11.3. The van der Waals surface area contributed by atoms with Gasteiger partial charge in [0.05, 0.1) is 39.6 Å². The molecule has 0 bridgehead atoms. The van der Waals surface area contributed by atoms with Crippen LogP contribution in [-0.4, -0.2) is 77.8 Å². The molecule has 0 radical (unpaired) electrons. The van der Waals surface area contributed by atoms with Crippen LogP contribution in [0.3, 0.4) is 0 Å². The maximum Gasteiger partial charge on any atom is 0.246 e. The summed E-state index contributed by atoms with van der Waals surface area (Å²) in [6.07, 6.45) is 16.2. The van der Waals surface area contributed by atoms with Crippen molar-refractivity contribution in [3.05, 3.63) is 0 Å². The van der Waals surface area contributed by atoms with Crippen LogP contribution in [0.4, 0.5) is 0 Å². The average molecular weight is 545 g/mol. The van der Waals surface area contributed by atoms with Crippen LogP contribution in [-0.2, 0) is 28.5 Å². The lowest BCUT2D eigenvalue weighted by Gasteiger charge is -2.17. The quantitative estimate of drug-likeness (QED) is 0.117. The molecule has 2 amide bonds. The fraction of sp³-hybridized carbons (Fsp3) is 0.933. The third-order valence-electron chi connectivity index (χ3n) is 6.42. The van der Waals surface area contributed by atoms with Gasteiger partial charge >= 0.3 is 0 Å². The number of amides is 2. The van der Waals surface area contributed by atoms with Gasteiger partial charge in [-0.15, -0.1) is 0 Å². The summed E-state index contributed by atoms with van der Waals surface area (Å²) >= 11 is 0. The Morgan fingerprint density at radius 1 is 0.526 bits per heavy atom. The third-order valence-corrected chi connectivity index (χ3v) is 6.42. The molecule has 226 valence electrons. The summed E-state index contributed by atoms with van der Waals surface area (Å²) < 4.78 is 21.9. The van der Waals surface area contributed by atoms with Crippen LogP contribution in [0.1, 0.15) is 111 Å². The van der Waals surface area contributed by atoms with Crippen LogP contribution in [0.15, 0.2) is 0 Å². The van der Waals surface area contributed by atoms with Crippen LogP contribution in [0.25, 0.3) is 0 Å². The van der Waals surface area contributed by atoms with Crippen molar-refractivity contribution in [2.75, 3.05) is 65.9 Å². The predicted octanol–water partition coefficient (Wildman–Crippen LogP) is 5.42. The van der Waals surface area contributed by atoms with Gasteiger partial charge in [0.25, 0.3) is 0 Å². The molecular formula is C30H60N2O6. The molecule has 8 heteroatoms. The third kappa shape index (κ3) is 26.4. The van der Waals surface area contributed by atoms with E-state index in [1.54, 1.807) is 0 Å². The Morgan fingerprint density at radius 3 is 1.53 bits per heavy atom. The fourth-order valence-electron chi connectivity index (χ4n) is 4.08. The average Bonchev–Trinajstić information content (AvgIpc) is 2.92.